The van der Waals surface area contributed by atoms with Crippen LogP contribution in [0.25, 0.3) is 11.0 Å². The third kappa shape index (κ3) is 1.14. The zero-order chi connectivity index (χ0) is 9.42. The summed E-state index contributed by atoms with van der Waals surface area (Å²) in [4.78, 5) is 10.5. The van der Waals surface area contributed by atoms with Crippen LogP contribution < -0.4 is 0 Å². The maximum Gasteiger partial charge on any atom is 0.371 e. The summed E-state index contributed by atoms with van der Waals surface area (Å²) in [6.07, 6.45) is 1.47. The van der Waals surface area contributed by atoms with Crippen LogP contribution in [-0.4, -0.2) is 21.3 Å². The number of hydrogen-bond donors (Lipinski definition) is 1. The van der Waals surface area contributed by atoms with E-state index in [4.69, 9.17) is 9.52 Å². The Morgan fingerprint density at radius 3 is 3.00 bits per heavy atom. The SMILES string of the molecule is Cc1nncc2cc(C(=O)O)oc12. The number of nitrogens with zero attached hydrogens (tertiary/aromatic N) is 2. The summed E-state index contributed by atoms with van der Waals surface area (Å²) in [5.74, 6) is -1.18. The number of carboxylic acid groups (broad SMARTS) is 1. The van der Waals surface area contributed by atoms with Crippen molar-refractivity contribution in [2.45, 2.75) is 6.92 Å². The summed E-state index contributed by atoms with van der Waals surface area (Å²) < 4.78 is 5.06. The molecule has 0 aliphatic heterocycles. The lowest BCUT2D eigenvalue weighted by atomic mass is 10.3. The van der Waals surface area contributed by atoms with Gasteiger partial charge >= 0.3 is 5.97 Å². The number of rotatable bonds is 1. The Labute approximate surface area is 73.0 Å². The molecule has 0 unspecified atom stereocenters. The van der Waals surface area contributed by atoms with E-state index in [9.17, 15) is 4.79 Å². The smallest absolute Gasteiger partial charge is 0.371 e. The number of carboxylic acids is 1. The Morgan fingerprint density at radius 1 is 1.62 bits per heavy atom. The molecule has 0 saturated carbocycles. The van der Waals surface area contributed by atoms with Crippen LogP contribution in [0.1, 0.15) is 16.2 Å². The highest BCUT2D eigenvalue weighted by molar-refractivity contribution is 5.91. The molecule has 0 aromatic carbocycles. The van der Waals surface area contributed by atoms with Crippen molar-refractivity contribution < 1.29 is 14.3 Å². The van der Waals surface area contributed by atoms with Crippen molar-refractivity contribution >= 4 is 16.9 Å². The molecule has 13 heavy (non-hydrogen) atoms. The Kier molecular flexibility index (Phi) is 1.51. The third-order valence-electron chi connectivity index (χ3n) is 1.70. The van der Waals surface area contributed by atoms with Crippen molar-refractivity contribution in [3.63, 3.8) is 0 Å². The molecule has 0 spiro atoms. The number of carbonyl (C=O) groups is 1. The highest BCUT2D eigenvalue weighted by atomic mass is 16.4. The first-order valence-electron chi connectivity index (χ1n) is 3.63. The topological polar surface area (TPSA) is 76.2 Å². The second kappa shape index (κ2) is 2.55. The van der Waals surface area contributed by atoms with E-state index >= 15 is 0 Å². The lowest BCUT2D eigenvalue weighted by Gasteiger charge is -1.89. The van der Waals surface area contributed by atoms with Gasteiger partial charge in [-0.2, -0.15) is 10.2 Å². The molecule has 5 heteroatoms. The highest BCUT2D eigenvalue weighted by Crippen LogP contribution is 2.19. The van der Waals surface area contributed by atoms with Crippen LogP contribution in [0.4, 0.5) is 0 Å². The maximum absolute atomic E-state index is 10.5. The van der Waals surface area contributed by atoms with Gasteiger partial charge in [0.25, 0.3) is 0 Å². The van der Waals surface area contributed by atoms with Crippen LogP contribution in [0.2, 0.25) is 0 Å². The molecule has 0 aliphatic rings. The molecule has 1 N–H and O–H groups in total. The fraction of sp³-hybridized carbons (Fsp3) is 0.125. The van der Waals surface area contributed by atoms with Gasteiger partial charge in [0, 0.05) is 11.5 Å². The van der Waals surface area contributed by atoms with Crippen molar-refractivity contribution in [2.24, 2.45) is 0 Å². The Bertz CT molecular complexity index is 475. The van der Waals surface area contributed by atoms with Gasteiger partial charge in [0.2, 0.25) is 5.76 Å². The number of furan rings is 1. The Hall–Kier alpha value is -1.91. The van der Waals surface area contributed by atoms with E-state index in [0.29, 0.717) is 16.7 Å². The predicted molar refractivity (Wildman–Crippen MR) is 43.5 cm³/mol. The van der Waals surface area contributed by atoms with Crippen molar-refractivity contribution in [1.29, 1.82) is 0 Å². The standard InChI is InChI=1S/C8H6N2O3/c1-4-7-5(3-9-10-4)2-6(13-7)8(11)12/h2-3H,1H3,(H,11,12). The average Bonchev–Trinajstić information content (AvgIpc) is 2.49. The van der Waals surface area contributed by atoms with Crippen LogP contribution in [0, 0.1) is 6.92 Å². The molecule has 0 bridgehead atoms. The van der Waals surface area contributed by atoms with Crippen LogP contribution in [0.3, 0.4) is 0 Å². The van der Waals surface area contributed by atoms with E-state index in [1.165, 1.54) is 12.3 Å². The summed E-state index contributed by atoms with van der Waals surface area (Å²) >= 11 is 0. The Balaban J connectivity index is 2.75. The summed E-state index contributed by atoms with van der Waals surface area (Å²) in [5, 5.41) is 16.7. The molecule has 66 valence electrons. The number of aryl methyl sites for hydroxylation is 1. The lowest BCUT2D eigenvalue weighted by Crippen LogP contribution is -1.91. The fourth-order valence-electron chi connectivity index (χ4n) is 1.11. The molecule has 2 aromatic rings. The number of aromatic nitrogens is 2. The summed E-state index contributed by atoms with van der Waals surface area (Å²) in [6, 6.07) is 1.43. The van der Waals surface area contributed by atoms with Crippen molar-refractivity contribution in [3.8, 4) is 0 Å². The van der Waals surface area contributed by atoms with Gasteiger partial charge in [-0.05, 0) is 6.92 Å². The van der Waals surface area contributed by atoms with Gasteiger partial charge in [-0.1, -0.05) is 0 Å². The molecule has 2 aromatic heterocycles. The summed E-state index contributed by atoms with van der Waals surface area (Å²) in [7, 11) is 0. The molecule has 0 saturated heterocycles. The van der Waals surface area contributed by atoms with Gasteiger partial charge in [-0.3, -0.25) is 0 Å². The van der Waals surface area contributed by atoms with E-state index in [2.05, 4.69) is 10.2 Å². The minimum atomic E-state index is -1.09. The van der Waals surface area contributed by atoms with Crippen LogP contribution in [-0.2, 0) is 0 Å². The second-order valence-electron chi connectivity index (χ2n) is 2.63. The minimum Gasteiger partial charge on any atom is -0.475 e. The zero-order valence-corrected chi connectivity index (χ0v) is 6.81. The van der Waals surface area contributed by atoms with Crippen molar-refractivity contribution in [1.82, 2.24) is 10.2 Å². The van der Waals surface area contributed by atoms with Gasteiger partial charge in [0.1, 0.15) is 5.69 Å². The zero-order valence-electron chi connectivity index (χ0n) is 6.81. The number of hydrogen-bond acceptors (Lipinski definition) is 4. The lowest BCUT2D eigenvalue weighted by molar-refractivity contribution is 0.0665. The van der Waals surface area contributed by atoms with E-state index in [-0.39, 0.29) is 5.76 Å². The first-order valence-corrected chi connectivity index (χ1v) is 3.63. The monoisotopic (exact) mass is 178 g/mol. The van der Waals surface area contributed by atoms with Gasteiger partial charge < -0.3 is 9.52 Å². The first-order chi connectivity index (χ1) is 6.18. The fourth-order valence-corrected chi connectivity index (χ4v) is 1.11. The molecule has 5 nitrogen and oxygen atoms in total. The molecule has 0 amide bonds. The predicted octanol–water partition coefficient (Wildman–Crippen LogP) is 1.23. The van der Waals surface area contributed by atoms with Crippen molar-refractivity contribution in [2.75, 3.05) is 0 Å². The van der Waals surface area contributed by atoms with Gasteiger partial charge in [0.05, 0.1) is 6.20 Å². The molecule has 2 heterocycles. The highest BCUT2D eigenvalue weighted by Gasteiger charge is 2.12. The second-order valence-corrected chi connectivity index (χ2v) is 2.63. The average molecular weight is 178 g/mol. The molecule has 0 atom stereocenters. The summed E-state index contributed by atoms with van der Waals surface area (Å²) in [5.41, 5.74) is 1.07. The van der Waals surface area contributed by atoms with Gasteiger partial charge in [-0.25, -0.2) is 4.79 Å². The van der Waals surface area contributed by atoms with Crippen molar-refractivity contribution in [3.05, 3.63) is 23.7 Å². The third-order valence-corrected chi connectivity index (χ3v) is 1.70. The summed E-state index contributed by atoms with van der Waals surface area (Å²) in [6.45, 7) is 1.71. The number of aromatic carboxylic acids is 1. The minimum absolute atomic E-state index is 0.0899. The van der Waals surface area contributed by atoms with E-state index in [1.54, 1.807) is 6.92 Å². The molecule has 2 rings (SSSR count). The first kappa shape index (κ1) is 7.72. The Morgan fingerprint density at radius 2 is 2.38 bits per heavy atom. The van der Waals surface area contributed by atoms with Crippen LogP contribution >= 0.6 is 0 Å². The molecule has 0 radical (unpaired) electrons. The molecular formula is C8H6N2O3. The van der Waals surface area contributed by atoms with E-state index in [0.717, 1.165) is 0 Å². The largest absolute Gasteiger partial charge is 0.475 e. The van der Waals surface area contributed by atoms with E-state index in [1.807, 2.05) is 0 Å². The normalized spacial score (nSPS) is 10.5. The van der Waals surface area contributed by atoms with Crippen LogP contribution in [0.5, 0.6) is 0 Å². The van der Waals surface area contributed by atoms with Crippen LogP contribution in [0.15, 0.2) is 16.7 Å². The van der Waals surface area contributed by atoms with Gasteiger partial charge in [0.15, 0.2) is 5.58 Å². The van der Waals surface area contributed by atoms with E-state index < -0.39 is 5.97 Å². The molecular weight excluding hydrogens is 172 g/mol. The molecule has 0 aliphatic carbocycles. The quantitative estimate of drug-likeness (QED) is 0.710. The maximum atomic E-state index is 10.5. The molecule has 0 fully saturated rings. The number of fused-ring (bicyclic) bond motifs is 1. The van der Waals surface area contributed by atoms with Gasteiger partial charge in [-0.15, -0.1) is 0 Å².